The summed E-state index contributed by atoms with van der Waals surface area (Å²) >= 11 is 0. The van der Waals surface area contributed by atoms with Crippen molar-refractivity contribution in [3.05, 3.63) is 32.6 Å². The van der Waals surface area contributed by atoms with Crippen LogP contribution in [0.1, 0.15) is 45.4 Å². The molecule has 2 N–H and O–H groups in total. The molecule has 3 atom stereocenters. The topological polar surface area (TPSA) is 93.6 Å². The Kier molecular flexibility index (Phi) is 5.77. The van der Waals surface area contributed by atoms with E-state index >= 15 is 0 Å². The second-order valence-electron chi connectivity index (χ2n) is 8.27. The molecule has 1 unspecified atom stereocenters. The predicted molar refractivity (Wildman–Crippen MR) is 98.4 cm³/mol. The molecule has 0 bridgehead atoms. The number of aromatic nitrogens is 2. The maximum absolute atomic E-state index is 12.1. The zero-order valence-corrected chi connectivity index (χ0v) is 17.0. The van der Waals surface area contributed by atoms with Gasteiger partial charge in [-0.2, -0.15) is 0 Å². The van der Waals surface area contributed by atoms with Crippen LogP contribution >= 0.6 is 0 Å². The third kappa shape index (κ3) is 4.31. The SMILES string of the molecule is Cc1cn([C@H]2CC(O[Si](C)(C)C(C)(C)C)[C@@H](CCO)O2)c(=O)[nH]c1=O. The lowest BCUT2D eigenvalue weighted by atomic mass is 10.1. The standard InChI is InChI=1S/C17H30N2O5Si/c1-11-10-19(16(22)18-15(11)21)14-9-13(12(23-14)7-8-20)24-25(5,6)17(2,3)4/h10,12-14,20H,7-9H2,1-6H3,(H,18,21,22)/t12-,13?,14-/m1/s1. The average molecular weight is 371 g/mol. The molecule has 0 aromatic carbocycles. The van der Waals surface area contributed by atoms with Gasteiger partial charge in [0.15, 0.2) is 8.32 Å². The number of aliphatic hydroxyl groups is 1. The van der Waals surface area contributed by atoms with Gasteiger partial charge in [0.2, 0.25) is 0 Å². The third-order valence-corrected chi connectivity index (χ3v) is 9.81. The first kappa shape index (κ1) is 20.1. The minimum atomic E-state index is -2.01. The fourth-order valence-corrected chi connectivity index (χ4v) is 4.09. The summed E-state index contributed by atoms with van der Waals surface area (Å²) in [5.74, 6) is 0. The van der Waals surface area contributed by atoms with Crippen LogP contribution < -0.4 is 11.2 Å². The molecule has 142 valence electrons. The molecule has 1 aliphatic rings. The first-order valence-electron chi connectivity index (χ1n) is 8.72. The second-order valence-corrected chi connectivity index (χ2v) is 13.0. The van der Waals surface area contributed by atoms with Gasteiger partial charge >= 0.3 is 5.69 Å². The fourth-order valence-electron chi connectivity index (χ4n) is 2.74. The van der Waals surface area contributed by atoms with Gasteiger partial charge in [-0.25, -0.2) is 4.79 Å². The highest BCUT2D eigenvalue weighted by Gasteiger charge is 2.45. The smallest absolute Gasteiger partial charge is 0.330 e. The number of aliphatic hydroxyl groups excluding tert-OH is 1. The Morgan fingerprint density at radius 3 is 2.60 bits per heavy atom. The van der Waals surface area contributed by atoms with Crippen molar-refractivity contribution in [1.29, 1.82) is 0 Å². The van der Waals surface area contributed by atoms with Crippen molar-refractivity contribution < 1.29 is 14.3 Å². The number of nitrogens with one attached hydrogen (secondary N) is 1. The van der Waals surface area contributed by atoms with Crippen molar-refractivity contribution >= 4 is 8.32 Å². The van der Waals surface area contributed by atoms with E-state index in [2.05, 4.69) is 38.8 Å². The molecule has 0 radical (unpaired) electrons. The molecule has 7 nitrogen and oxygen atoms in total. The predicted octanol–water partition coefficient (Wildman–Crippen LogP) is 1.91. The van der Waals surface area contributed by atoms with Crippen molar-refractivity contribution in [3.63, 3.8) is 0 Å². The van der Waals surface area contributed by atoms with Gasteiger partial charge in [-0.15, -0.1) is 0 Å². The van der Waals surface area contributed by atoms with E-state index in [4.69, 9.17) is 9.16 Å². The largest absolute Gasteiger partial charge is 0.411 e. The number of hydrogen-bond acceptors (Lipinski definition) is 5. The van der Waals surface area contributed by atoms with E-state index in [-0.39, 0.29) is 29.4 Å². The normalized spacial score (nSPS) is 24.7. The van der Waals surface area contributed by atoms with Gasteiger partial charge in [-0.3, -0.25) is 14.3 Å². The highest BCUT2D eigenvalue weighted by atomic mass is 28.4. The Balaban J connectivity index is 2.27. The van der Waals surface area contributed by atoms with Crippen LogP contribution in [0.2, 0.25) is 18.1 Å². The van der Waals surface area contributed by atoms with Crippen LogP contribution in [0.5, 0.6) is 0 Å². The van der Waals surface area contributed by atoms with E-state index in [0.717, 1.165) is 0 Å². The molecule has 1 fully saturated rings. The molecule has 2 heterocycles. The summed E-state index contributed by atoms with van der Waals surface area (Å²) in [6.45, 7) is 12.5. The maximum Gasteiger partial charge on any atom is 0.330 e. The number of ether oxygens (including phenoxy) is 1. The monoisotopic (exact) mass is 370 g/mol. The second kappa shape index (κ2) is 7.18. The highest BCUT2D eigenvalue weighted by molar-refractivity contribution is 6.74. The van der Waals surface area contributed by atoms with Gasteiger partial charge in [0, 0.05) is 24.8 Å². The minimum Gasteiger partial charge on any atom is -0.411 e. The molecule has 0 aliphatic carbocycles. The van der Waals surface area contributed by atoms with Crippen LogP contribution in [0.3, 0.4) is 0 Å². The summed E-state index contributed by atoms with van der Waals surface area (Å²) in [5, 5.41) is 9.41. The summed E-state index contributed by atoms with van der Waals surface area (Å²) in [4.78, 5) is 26.0. The lowest BCUT2D eigenvalue weighted by Gasteiger charge is -2.39. The van der Waals surface area contributed by atoms with Gasteiger partial charge in [0.05, 0.1) is 12.2 Å². The van der Waals surface area contributed by atoms with Crippen molar-refractivity contribution in [1.82, 2.24) is 9.55 Å². The van der Waals surface area contributed by atoms with Crippen LogP contribution in [0.25, 0.3) is 0 Å². The van der Waals surface area contributed by atoms with E-state index in [1.165, 1.54) is 10.8 Å². The number of aryl methyl sites for hydroxylation is 1. The van der Waals surface area contributed by atoms with Gasteiger partial charge in [0.25, 0.3) is 5.56 Å². The Labute approximate surface area is 149 Å². The van der Waals surface area contributed by atoms with Crippen molar-refractivity contribution in [2.75, 3.05) is 6.61 Å². The average Bonchev–Trinajstić information content (AvgIpc) is 2.84. The van der Waals surface area contributed by atoms with Crippen LogP contribution in [0.15, 0.2) is 15.8 Å². The van der Waals surface area contributed by atoms with E-state index in [1.54, 1.807) is 6.92 Å². The number of hydrogen-bond donors (Lipinski definition) is 2. The molecule has 2 rings (SSSR count). The van der Waals surface area contributed by atoms with Crippen molar-refractivity contribution in [2.45, 2.75) is 77.1 Å². The first-order chi connectivity index (χ1) is 11.5. The number of aromatic amines is 1. The molecule has 1 aromatic rings. The lowest BCUT2D eigenvalue weighted by molar-refractivity contribution is -0.0287. The van der Waals surface area contributed by atoms with Gasteiger partial charge in [-0.05, 0) is 31.5 Å². The van der Waals surface area contributed by atoms with E-state index in [9.17, 15) is 14.7 Å². The molecular formula is C17H30N2O5Si. The Hall–Kier alpha value is -1.22. The molecule has 0 saturated carbocycles. The molecule has 0 spiro atoms. The van der Waals surface area contributed by atoms with E-state index in [0.29, 0.717) is 18.4 Å². The van der Waals surface area contributed by atoms with Crippen LogP contribution in [-0.4, -0.2) is 41.8 Å². The Morgan fingerprint density at radius 1 is 1.40 bits per heavy atom. The Bertz CT molecular complexity index is 719. The fraction of sp³-hybridized carbons (Fsp3) is 0.765. The van der Waals surface area contributed by atoms with E-state index < -0.39 is 20.2 Å². The molecule has 1 saturated heterocycles. The highest BCUT2D eigenvalue weighted by Crippen LogP contribution is 2.41. The van der Waals surface area contributed by atoms with Crippen molar-refractivity contribution in [3.8, 4) is 0 Å². The van der Waals surface area contributed by atoms with Crippen LogP contribution in [0, 0.1) is 6.92 Å². The summed E-state index contributed by atoms with van der Waals surface area (Å²) < 4.78 is 13.9. The van der Waals surface area contributed by atoms with Crippen molar-refractivity contribution in [2.24, 2.45) is 0 Å². The van der Waals surface area contributed by atoms with Gasteiger partial charge in [-0.1, -0.05) is 20.8 Å². The minimum absolute atomic E-state index is 0.00566. The zero-order valence-electron chi connectivity index (χ0n) is 16.0. The van der Waals surface area contributed by atoms with Crippen LogP contribution in [0.4, 0.5) is 0 Å². The first-order valence-corrected chi connectivity index (χ1v) is 11.6. The Morgan fingerprint density at radius 2 is 2.04 bits per heavy atom. The van der Waals surface area contributed by atoms with E-state index in [1.807, 2.05) is 0 Å². The number of rotatable bonds is 5. The maximum atomic E-state index is 12.1. The van der Waals surface area contributed by atoms with Gasteiger partial charge < -0.3 is 14.3 Å². The van der Waals surface area contributed by atoms with Crippen LogP contribution in [-0.2, 0) is 9.16 Å². The number of nitrogens with zero attached hydrogens (tertiary/aromatic N) is 1. The molecule has 8 heteroatoms. The molecular weight excluding hydrogens is 340 g/mol. The summed E-state index contributed by atoms with van der Waals surface area (Å²) in [7, 11) is -2.01. The molecule has 25 heavy (non-hydrogen) atoms. The van der Waals surface area contributed by atoms with Gasteiger partial charge in [0.1, 0.15) is 6.23 Å². The zero-order chi connectivity index (χ0) is 19.0. The molecule has 0 amide bonds. The quantitative estimate of drug-likeness (QED) is 0.772. The molecule has 1 aliphatic heterocycles. The summed E-state index contributed by atoms with van der Waals surface area (Å²) in [5.41, 5.74) is -0.424. The summed E-state index contributed by atoms with van der Waals surface area (Å²) in [6.07, 6.45) is 1.53. The lowest BCUT2D eigenvalue weighted by Crippen LogP contribution is -2.46. The molecule has 1 aromatic heterocycles. The summed E-state index contributed by atoms with van der Waals surface area (Å²) in [6, 6.07) is 0. The number of H-pyrrole nitrogens is 1. The third-order valence-electron chi connectivity index (χ3n) is 5.30.